The van der Waals surface area contributed by atoms with E-state index in [-0.39, 0.29) is 22.0 Å². The third-order valence-electron chi connectivity index (χ3n) is 4.88. The predicted molar refractivity (Wildman–Crippen MR) is 126 cm³/mol. The first-order valence-corrected chi connectivity index (χ1v) is 11.6. The zero-order valence-electron chi connectivity index (χ0n) is 19.0. The molecule has 3 rings (SSSR count). The molecule has 186 valence electrons. The second-order valence-electron chi connectivity index (χ2n) is 7.40. The van der Waals surface area contributed by atoms with Gasteiger partial charge in [0.1, 0.15) is 16.5 Å². The Kier molecular flexibility index (Phi) is 7.70. The van der Waals surface area contributed by atoms with Gasteiger partial charge in [-0.15, -0.1) is 0 Å². The Labute approximate surface area is 205 Å². The number of alkyl halides is 3. The Hall–Kier alpha value is -4.30. The summed E-state index contributed by atoms with van der Waals surface area (Å²) in [4.78, 5) is 12.5. The monoisotopic (exact) mass is 516 g/mol. The molecule has 36 heavy (non-hydrogen) atoms. The number of para-hydroxylation sites is 2. The molecule has 1 amide bonds. The lowest BCUT2D eigenvalue weighted by Crippen LogP contribution is -2.17. The Bertz CT molecular complexity index is 1460. The lowest BCUT2D eigenvalue weighted by molar-refractivity contribution is -0.137. The number of nitriles is 1. The highest BCUT2D eigenvalue weighted by molar-refractivity contribution is 7.87. The zero-order valence-corrected chi connectivity index (χ0v) is 19.8. The number of hydrogen-bond donors (Lipinski definition) is 1. The maximum absolute atomic E-state index is 13.3. The van der Waals surface area contributed by atoms with Gasteiger partial charge in [0.05, 0.1) is 18.4 Å². The number of aryl methyl sites for hydroxylation is 1. The first-order valence-electron chi connectivity index (χ1n) is 10.2. The summed E-state index contributed by atoms with van der Waals surface area (Å²) in [5.74, 6) is -1.46. The van der Waals surface area contributed by atoms with Crippen LogP contribution in [0.4, 0.5) is 18.9 Å². The highest BCUT2D eigenvalue weighted by Gasteiger charge is 2.33. The molecule has 0 aliphatic rings. The SMILES string of the molecule is COc1cccc(/C=C(\C#N)C(=O)Nc2ccccc2C(F)(F)F)c1OS(=O)(=O)c1ccc(C)cc1. The van der Waals surface area contributed by atoms with Gasteiger partial charge in [-0.25, -0.2) is 0 Å². The molecule has 3 aromatic rings. The van der Waals surface area contributed by atoms with Crippen LogP contribution in [-0.4, -0.2) is 21.4 Å². The lowest BCUT2D eigenvalue weighted by Gasteiger charge is -2.14. The first-order chi connectivity index (χ1) is 17.0. The first kappa shape index (κ1) is 26.3. The summed E-state index contributed by atoms with van der Waals surface area (Å²) < 4.78 is 76.0. The summed E-state index contributed by atoms with van der Waals surface area (Å²) in [7, 11) is -3.07. The summed E-state index contributed by atoms with van der Waals surface area (Å²) in [5, 5.41) is 11.6. The predicted octanol–water partition coefficient (Wildman–Crippen LogP) is 5.34. The standard InChI is InChI=1S/C25H19F3N2O5S/c1-16-10-12-19(13-11-16)36(32,33)35-23-17(6-5-9-22(23)34-2)14-18(15-29)24(31)30-21-8-4-3-7-20(21)25(26,27)28/h3-14H,1-2H3,(H,30,31)/b18-14+. The number of halogens is 3. The number of anilines is 1. The zero-order chi connectivity index (χ0) is 26.5. The number of nitrogens with zero attached hydrogens (tertiary/aromatic N) is 1. The topological polar surface area (TPSA) is 105 Å². The fourth-order valence-electron chi connectivity index (χ4n) is 3.09. The van der Waals surface area contributed by atoms with Crippen molar-refractivity contribution in [3.8, 4) is 17.6 Å². The average Bonchev–Trinajstić information content (AvgIpc) is 2.83. The Balaban J connectivity index is 2.01. The number of carbonyl (C=O) groups excluding carboxylic acids is 1. The average molecular weight is 516 g/mol. The molecule has 0 saturated heterocycles. The van der Waals surface area contributed by atoms with Gasteiger partial charge in [0.15, 0.2) is 11.5 Å². The minimum atomic E-state index is -4.74. The van der Waals surface area contributed by atoms with Gasteiger partial charge in [0.25, 0.3) is 5.91 Å². The van der Waals surface area contributed by atoms with Gasteiger partial charge in [0.2, 0.25) is 0 Å². The Morgan fingerprint density at radius 3 is 2.31 bits per heavy atom. The molecule has 0 saturated carbocycles. The molecule has 3 aromatic carbocycles. The summed E-state index contributed by atoms with van der Waals surface area (Å²) in [6.07, 6.45) is -3.74. The molecule has 11 heteroatoms. The van der Waals surface area contributed by atoms with Gasteiger partial charge >= 0.3 is 16.3 Å². The van der Waals surface area contributed by atoms with Gasteiger partial charge in [-0.1, -0.05) is 42.0 Å². The lowest BCUT2D eigenvalue weighted by atomic mass is 10.1. The number of carbonyl (C=O) groups is 1. The third kappa shape index (κ3) is 6.03. The third-order valence-corrected chi connectivity index (χ3v) is 6.11. The molecule has 7 nitrogen and oxygen atoms in total. The van der Waals surface area contributed by atoms with Gasteiger partial charge in [-0.05, 0) is 43.3 Å². The van der Waals surface area contributed by atoms with Crippen molar-refractivity contribution in [2.45, 2.75) is 18.0 Å². The van der Waals surface area contributed by atoms with Crippen LogP contribution in [0.25, 0.3) is 6.08 Å². The fourth-order valence-corrected chi connectivity index (χ4v) is 4.06. The number of rotatable bonds is 7. The van der Waals surface area contributed by atoms with Crippen LogP contribution >= 0.6 is 0 Å². The van der Waals surface area contributed by atoms with E-state index >= 15 is 0 Å². The van der Waals surface area contributed by atoms with Crippen LogP contribution in [0.3, 0.4) is 0 Å². The molecular formula is C25H19F3N2O5S. The van der Waals surface area contributed by atoms with Gasteiger partial charge in [-0.2, -0.15) is 26.9 Å². The molecule has 0 aliphatic heterocycles. The smallest absolute Gasteiger partial charge is 0.418 e. The van der Waals surface area contributed by atoms with E-state index in [0.717, 1.165) is 29.8 Å². The van der Waals surface area contributed by atoms with Gasteiger partial charge in [0, 0.05) is 5.56 Å². The van der Waals surface area contributed by atoms with E-state index in [2.05, 4.69) is 5.32 Å². The van der Waals surface area contributed by atoms with Crippen molar-refractivity contribution >= 4 is 27.8 Å². The maximum Gasteiger partial charge on any atom is 0.418 e. The van der Waals surface area contributed by atoms with Gasteiger partial charge in [-0.3, -0.25) is 4.79 Å². The van der Waals surface area contributed by atoms with Crippen LogP contribution in [0.15, 0.2) is 77.2 Å². The minimum absolute atomic E-state index is 0.0143. The highest BCUT2D eigenvalue weighted by atomic mass is 32.2. The van der Waals surface area contributed by atoms with E-state index in [9.17, 15) is 31.6 Å². The largest absolute Gasteiger partial charge is 0.493 e. The quantitative estimate of drug-likeness (QED) is 0.258. The molecule has 0 bridgehead atoms. The number of amides is 1. The number of benzene rings is 3. The number of hydrogen-bond acceptors (Lipinski definition) is 6. The Morgan fingerprint density at radius 1 is 1.03 bits per heavy atom. The van der Waals surface area contributed by atoms with E-state index in [1.807, 2.05) is 0 Å². The number of ether oxygens (including phenoxy) is 1. The minimum Gasteiger partial charge on any atom is -0.493 e. The van der Waals surface area contributed by atoms with Crippen molar-refractivity contribution in [1.29, 1.82) is 5.26 Å². The van der Waals surface area contributed by atoms with Gasteiger partial charge < -0.3 is 14.2 Å². The molecule has 0 radical (unpaired) electrons. The second kappa shape index (κ2) is 10.5. The molecule has 1 N–H and O–H groups in total. The Morgan fingerprint density at radius 2 is 1.69 bits per heavy atom. The maximum atomic E-state index is 13.3. The van der Waals surface area contributed by atoms with E-state index in [1.54, 1.807) is 25.1 Å². The normalized spacial score (nSPS) is 11.9. The summed E-state index contributed by atoms with van der Waals surface area (Å²) in [6, 6.07) is 16.0. The highest BCUT2D eigenvalue weighted by Crippen LogP contribution is 2.36. The molecule has 0 aromatic heterocycles. The van der Waals surface area contributed by atoms with E-state index in [4.69, 9.17) is 8.92 Å². The number of nitrogens with one attached hydrogen (secondary N) is 1. The van der Waals surface area contributed by atoms with Crippen LogP contribution in [0.2, 0.25) is 0 Å². The van der Waals surface area contributed by atoms with Crippen LogP contribution < -0.4 is 14.2 Å². The summed E-state index contributed by atoms with van der Waals surface area (Å²) in [6.45, 7) is 1.78. The van der Waals surface area contributed by atoms with E-state index in [0.29, 0.717) is 0 Å². The van der Waals surface area contributed by atoms with Crippen LogP contribution in [-0.2, 0) is 21.1 Å². The van der Waals surface area contributed by atoms with Crippen molar-refractivity contribution in [3.63, 3.8) is 0 Å². The van der Waals surface area contributed by atoms with Crippen molar-refractivity contribution in [3.05, 3.63) is 89.0 Å². The van der Waals surface area contributed by atoms with Crippen LogP contribution in [0.1, 0.15) is 16.7 Å². The molecule has 0 fully saturated rings. The molecular weight excluding hydrogens is 497 g/mol. The van der Waals surface area contributed by atoms with Crippen molar-refractivity contribution in [2.75, 3.05) is 12.4 Å². The van der Waals surface area contributed by atoms with Crippen LogP contribution in [0.5, 0.6) is 11.5 Å². The molecule has 0 atom stereocenters. The van der Waals surface area contributed by atoms with E-state index < -0.39 is 39.0 Å². The summed E-state index contributed by atoms with van der Waals surface area (Å²) >= 11 is 0. The van der Waals surface area contributed by atoms with Crippen LogP contribution in [0, 0.1) is 18.3 Å². The second-order valence-corrected chi connectivity index (χ2v) is 8.94. The fraction of sp³-hybridized carbons (Fsp3) is 0.120. The number of methoxy groups -OCH3 is 1. The van der Waals surface area contributed by atoms with Crippen molar-refractivity contribution in [2.24, 2.45) is 0 Å². The van der Waals surface area contributed by atoms with Crippen molar-refractivity contribution < 1.29 is 35.3 Å². The molecule has 0 spiro atoms. The molecule has 0 aliphatic carbocycles. The molecule has 0 unspecified atom stereocenters. The summed E-state index contributed by atoms with van der Waals surface area (Å²) in [5.41, 5.74) is -1.43. The van der Waals surface area contributed by atoms with Crippen molar-refractivity contribution in [1.82, 2.24) is 0 Å². The van der Waals surface area contributed by atoms with E-state index in [1.165, 1.54) is 43.5 Å². The molecule has 0 heterocycles.